The standard InChI is InChI=1S/C13H27N3O/c1-5-15(6-2)12-7-8-16(10-12)13(17)9-14-11(3)4/h11-12,14H,5-10H2,1-4H3. The minimum Gasteiger partial charge on any atom is -0.340 e. The number of likely N-dealkylation sites (tertiary alicyclic amines) is 1. The third kappa shape index (κ3) is 4.28. The second-order valence-corrected chi connectivity index (χ2v) is 5.04. The molecule has 1 unspecified atom stereocenters. The maximum atomic E-state index is 11.9. The molecule has 1 aliphatic rings. The van der Waals surface area contributed by atoms with Crippen LogP contribution < -0.4 is 5.32 Å². The average Bonchev–Trinajstić information content (AvgIpc) is 2.77. The van der Waals surface area contributed by atoms with Crippen molar-refractivity contribution in [3.63, 3.8) is 0 Å². The number of hydrogen-bond acceptors (Lipinski definition) is 3. The van der Waals surface area contributed by atoms with Crippen LogP contribution in [0.3, 0.4) is 0 Å². The van der Waals surface area contributed by atoms with E-state index in [4.69, 9.17) is 0 Å². The molecule has 4 nitrogen and oxygen atoms in total. The van der Waals surface area contributed by atoms with Gasteiger partial charge in [-0.2, -0.15) is 0 Å². The topological polar surface area (TPSA) is 35.6 Å². The largest absolute Gasteiger partial charge is 0.340 e. The van der Waals surface area contributed by atoms with Gasteiger partial charge in [-0.05, 0) is 19.5 Å². The zero-order valence-electron chi connectivity index (χ0n) is 11.7. The van der Waals surface area contributed by atoms with Crippen molar-refractivity contribution in [3.8, 4) is 0 Å². The van der Waals surface area contributed by atoms with Crippen molar-refractivity contribution >= 4 is 5.91 Å². The molecule has 0 radical (unpaired) electrons. The highest BCUT2D eigenvalue weighted by Gasteiger charge is 2.28. The van der Waals surface area contributed by atoms with Crippen LogP contribution in [0.2, 0.25) is 0 Å². The Morgan fingerprint density at radius 1 is 1.41 bits per heavy atom. The molecule has 0 spiro atoms. The summed E-state index contributed by atoms with van der Waals surface area (Å²) in [6.07, 6.45) is 1.12. The summed E-state index contributed by atoms with van der Waals surface area (Å²) in [6, 6.07) is 0.938. The molecule has 1 fully saturated rings. The molecule has 1 atom stereocenters. The molecule has 1 amide bonds. The summed E-state index contributed by atoms with van der Waals surface area (Å²) in [4.78, 5) is 16.4. The van der Waals surface area contributed by atoms with Crippen molar-refractivity contribution in [2.45, 2.75) is 46.2 Å². The van der Waals surface area contributed by atoms with Crippen molar-refractivity contribution in [3.05, 3.63) is 0 Å². The Labute approximate surface area is 105 Å². The summed E-state index contributed by atoms with van der Waals surface area (Å²) >= 11 is 0. The van der Waals surface area contributed by atoms with Crippen LogP contribution in [-0.4, -0.2) is 60.5 Å². The first-order valence-electron chi connectivity index (χ1n) is 6.83. The van der Waals surface area contributed by atoms with Gasteiger partial charge in [0.1, 0.15) is 0 Å². The van der Waals surface area contributed by atoms with Crippen LogP contribution in [0.1, 0.15) is 34.1 Å². The zero-order chi connectivity index (χ0) is 12.8. The van der Waals surface area contributed by atoms with Gasteiger partial charge in [0.15, 0.2) is 0 Å². The number of hydrogen-bond donors (Lipinski definition) is 1. The van der Waals surface area contributed by atoms with E-state index in [1.54, 1.807) is 0 Å². The molecule has 1 aliphatic heterocycles. The predicted octanol–water partition coefficient (Wildman–Crippen LogP) is 0.927. The van der Waals surface area contributed by atoms with Crippen LogP contribution in [0.15, 0.2) is 0 Å². The number of carbonyl (C=O) groups excluding carboxylic acids is 1. The first-order valence-corrected chi connectivity index (χ1v) is 6.83. The number of rotatable bonds is 6. The van der Waals surface area contributed by atoms with Crippen LogP contribution in [-0.2, 0) is 4.79 Å². The maximum Gasteiger partial charge on any atom is 0.236 e. The molecule has 100 valence electrons. The third-order valence-electron chi connectivity index (χ3n) is 3.51. The molecule has 0 aliphatic carbocycles. The van der Waals surface area contributed by atoms with Gasteiger partial charge in [-0.3, -0.25) is 9.69 Å². The van der Waals surface area contributed by atoms with E-state index in [0.717, 1.165) is 32.6 Å². The van der Waals surface area contributed by atoms with Crippen molar-refractivity contribution in [1.29, 1.82) is 0 Å². The summed E-state index contributed by atoms with van der Waals surface area (Å²) < 4.78 is 0. The fraction of sp³-hybridized carbons (Fsp3) is 0.923. The second kappa shape index (κ2) is 6.97. The Kier molecular flexibility index (Phi) is 5.92. The molecule has 0 bridgehead atoms. The predicted molar refractivity (Wildman–Crippen MR) is 71.0 cm³/mol. The monoisotopic (exact) mass is 241 g/mol. The fourth-order valence-corrected chi connectivity index (χ4v) is 2.41. The van der Waals surface area contributed by atoms with Crippen LogP contribution in [0.4, 0.5) is 0 Å². The highest BCUT2D eigenvalue weighted by atomic mass is 16.2. The number of carbonyl (C=O) groups is 1. The first-order chi connectivity index (χ1) is 8.08. The normalized spacial score (nSPS) is 20.6. The van der Waals surface area contributed by atoms with E-state index in [9.17, 15) is 4.79 Å². The Bertz CT molecular complexity index is 239. The molecule has 17 heavy (non-hydrogen) atoms. The SMILES string of the molecule is CCN(CC)C1CCN(C(=O)CNC(C)C)C1. The van der Waals surface area contributed by atoms with Crippen LogP contribution in [0, 0.1) is 0 Å². The molecule has 1 N–H and O–H groups in total. The number of nitrogens with one attached hydrogen (secondary N) is 1. The van der Waals surface area contributed by atoms with Crippen molar-refractivity contribution in [1.82, 2.24) is 15.1 Å². The van der Waals surface area contributed by atoms with Gasteiger partial charge >= 0.3 is 0 Å². The number of nitrogens with zero attached hydrogens (tertiary/aromatic N) is 2. The van der Waals surface area contributed by atoms with Gasteiger partial charge in [-0.1, -0.05) is 27.7 Å². The van der Waals surface area contributed by atoms with Gasteiger partial charge in [-0.25, -0.2) is 0 Å². The first kappa shape index (κ1) is 14.5. The van der Waals surface area contributed by atoms with Gasteiger partial charge < -0.3 is 10.2 Å². The van der Waals surface area contributed by atoms with E-state index >= 15 is 0 Å². The lowest BCUT2D eigenvalue weighted by atomic mass is 10.2. The molecular weight excluding hydrogens is 214 g/mol. The van der Waals surface area contributed by atoms with E-state index in [1.165, 1.54) is 0 Å². The molecular formula is C13H27N3O. The zero-order valence-corrected chi connectivity index (χ0v) is 11.7. The summed E-state index contributed by atoms with van der Waals surface area (Å²) in [6.45, 7) is 13.0. The highest BCUT2D eigenvalue weighted by Crippen LogP contribution is 2.15. The lowest BCUT2D eigenvalue weighted by Gasteiger charge is -2.26. The Balaban J connectivity index is 2.36. The Morgan fingerprint density at radius 2 is 2.06 bits per heavy atom. The minimum absolute atomic E-state index is 0.244. The molecule has 0 aromatic rings. The summed E-state index contributed by atoms with van der Waals surface area (Å²) in [5, 5.41) is 3.19. The van der Waals surface area contributed by atoms with Crippen LogP contribution >= 0.6 is 0 Å². The minimum atomic E-state index is 0.244. The average molecular weight is 241 g/mol. The van der Waals surface area contributed by atoms with Gasteiger partial charge in [0.25, 0.3) is 0 Å². The Hall–Kier alpha value is -0.610. The second-order valence-electron chi connectivity index (χ2n) is 5.04. The summed E-state index contributed by atoms with van der Waals surface area (Å²) in [7, 11) is 0. The molecule has 1 heterocycles. The van der Waals surface area contributed by atoms with Gasteiger partial charge in [0.05, 0.1) is 6.54 Å². The van der Waals surface area contributed by atoms with Crippen LogP contribution in [0.5, 0.6) is 0 Å². The smallest absolute Gasteiger partial charge is 0.236 e. The molecule has 0 aromatic carbocycles. The quantitative estimate of drug-likeness (QED) is 0.751. The molecule has 0 saturated carbocycles. The van der Waals surface area contributed by atoms with Gasteiger partial charge in [0.2, 0.25) is 5.91 Å². The van der Waals surface area contributed by atoms with Crippen molar-refractivity contribution < 1.29 is 4.79 Å². The van der Waals surface area contributed by atoms with Crippen molar-refractivity contribution in [2.24, 2.45) is 0 Å². The van der Waals surface area contributed by atoms with Crippen LogP contribution in [0.25, 0.3) is 0 Å². The van der Waals surface area contributed by atoms with Gasteiger partial charge in [0, 0.05) is 25.2 Å². The Morgan fingerprint density at radius 3 is 2.59 bits per heavy atom. The van der Waals surface area contributed by atoms with Gasteiger partial charge in [-0.15, -0.1) is 0 Å². The highest BCUT2D eigenvalue weighted by molar-refractivity contribution is 5.78. The van der Waals surface area contributed by atoms with E-state index in [2.05, 4.69) is 37.9 Å². The molecule has 1 saturated heterocycles. The molecule has 0 aromatic heterocycles. The molecule has 1 rings (SSSR count). The lowest BCUT2D eigenvalue weighted by Crippen LogP contribution is -2.42. The lowest BCUT2D eigenvalue weighted by molar-refractivity contribution is -0.129. The van der Waals surface area contributed by atoms with Crippen molar-refractivity contribution in [2.75, 3.05) is 32.7 Å². The summed E-state index contributed by atoms with van der Waals surface area (Å²) in [5.74, 6) is 0.244. The third-order valence-corrected chi connectivity index (χ3v) is 3.51. The summed E-state index contributed by atoms with van der Waals surface area (Å²) in [5.41, 5.74) is 0. The van der Waals surface area contributed by atoms with E-state index in [0.29, 0.717) is 18.6 Å². The molecule has 4 heteroatoms. The van der Waals surface area contributed by atoms with E-state index in [1.807, 2.05) is 4.90 Å². The van der Waals surface area contributed by atoms with E-state index in [-0.39, 0.29) is 5.91 Å². The number of amides is 1. The van der Waals surface area contributed by atoms with E-state index < -0.39 is 0 Å². The number of likely N-dealkylation sites (N-methyl/N-ethyl adjacent to an activating group) is 1. The maximum absolute atomic E-state index is 11.9. The fourth-order valence-electron chi connectivity index (χ4n) is 2.41.